The highest BCUT2D eigenvalue weighted by atomic mass is 15.2. The van der Waals surface area contributed by atoms with Gasteiger partial charge in [-0.1, -0.05) is 20.4 Å². The van der Waals surface area contributed by atoms with Crippen LogP contribution in [-0.2, 0) is 0 Å². The van der Waals surface area contributed by atoms with Crippen molar-refractivity contribution in [3.63, 3.8) is 0 Å². The maximum Gasteiger partial charge on any atom is 0.0226 e. The third-order valence-electron chi connectivity index (χ3n) is 2.22. The van der Waals surface area contributed by atoms with Gasteiger partial charge in [-0.3, -0.25) is 0 Å². The van der Waals surface area contributed by atoms with Crippen molar-refractivity contribution in [1.29, 1.82) is 0 Å². The zero-order valence-electron chi connectivity index (χ0n) is 7.28. The van der Waals surface area contributed by atoms with E-state index in [0.717, 1.165) is 0 Å². The van der Waals surface area contributed by atoms with E-state index >= 15 is 0 Å². The predicted molar refractivity (Wildman–Crippen MR) is 44.8 cm³/mol. The van der Waals surface area contributed by atoms with Gasteiger partial charge in [0, 0.05) is 18.8 Å². The minimum Gasteiger partial charge on any atom is -0.375 e. The summed E-state index contributed by atoms with van der Waals surface area (Å²) < 4.78 is 0. The molecule has 0 amide bonds. The molecule has 0 aliphatic carbocycles. The van der Waals surface area contributed by atoms with Crippen molar-refractivity contribution >= 4 is 0 Å². The number of nitrogens with zero attached hydrogens (tertiary/aromatic N) is 1. The highest BCUT2D eigenvalue weighted by Gasteiger charge is 2.28. The molecule has 1 fully saturated rings. The molecule has 0 saturated carbocycles. The second-order valence-electron chi connectivity index (χ2n) is 4.07. The Morgan fingerprint density at radius 2 is 2.10 bits per heavy atom. The van der Waals surface area contributed by atoms with E-state index in [1.54, 1.807) is 0 Å². The van der Waals surface area contributed by atoms with Gasteiger partial charge in [0.25, 0.3) is 0 Å². The van der Waals surface area contributed by atoms with Crippen molar-refractivity contribution in [2.45, 2.75) is 27.2 Å². The Labute approximate surface area is 63.7 Å². The Kier molecular flexibility index (Phi) is 1.76. The summed E-state index contributed by atoms with van der Waals surface area (Å²) in [6.45, 7) is 13.0. The van der Waals surface area contributed by atoms with Crippen molar-refractivity contribution in [3.8, 4) is 0 Å². The molecule has 1 heteroatoms. The molecule has 0 bridgehead atoms. The minimum atomic E-state index is 0.513. The van der Waals surface area contributed by atoms with Gasteiger partial charge in [0.1, 0.15) is 0 Å². The lowest BCUT2D eigenvalue weighted by Gasteiger charge is -2.20. The van der Waals surface area contributed by atoms with Crippen molar-refractivity contribution in [3.05, 3.63) is 12.3 Å². The first-order valence-electron chi connectivity index (χ1n) is 3.92. The number of hydrogen-bond donors (Lipinski definition) is 0. The summed E-state index contributed by atoms with van der Waals surface area (Å²) in [5.41, 5.74) is 1.73. The fraction of sp³-hybridized carbons (Fsp3) is 0.778. The van der Waals surface area contributed by atoms with Gasteiger partial charge in [-0.2, -0.15) is 0 Å². The third-order valence-corrected chi connectivity index (χ3v) is 2.22. The van der Waals surface area contributed by atoms with E-state index in [9.17, 15) is 0 Å². The molecule has 0 spiro atoms. The summed E-state index contributed by atoms with van der Waals surface area (Å²) in [5.74, 6) is 0. The first-order chi connectivity index (χ1) is 4.51. The maximum absolute atomic E-state index is 3.93. The Morgan fingerprint density at radius 3 is 2.30 bits per heavy atom. The fourth-order valence-electron chi connectivity index (χ4n) is 1.44. The zero-order valence-corrected chi connectivity index (χ0v) is 7.28. The van der Waals surface area contributed by atoms with Crippen molar-refractivity contribution < 1.29 is 0 Å². The summed E-state index contributed by atoms with van der Waals surface area (Å²) in [6, 6.07) is 0. The van der Waals surface area contributed by atoms with Crippen molar-refractivity contribution in [2.75, 3.05) is 13.1 Å². The Bertz CT molecular complexity index is 147. The van der Waals surface area contributed by atoms with Crippen LogP contribution in [0, 0.1) is 5.41 Å². The molecule has 0 aromatic carbocycles. The molecule has 0 aromatic heterocycles. The first kappa shape index (κ1) is 7.64. The van der Waals surface area contributed by atoms with Crippen LogP contribution >= 0.6 is 0 Å². The summed E-state index contributed by atoms with van der Waals surface area (Å²) >= 11 is 0. The van der Waals surface area contributed by atoms with Gasteiger partial charge in [-0.15, -0.1) is 0 Å². The summed E-state index contributed by atoms with van der Waals surface area (Å²) in [5, 5.41) is 0. The molecule has 58 valence electrons. The largest absolute Gasteiger partial charge is 0.375 e. The minimum absolute atomic E-state index is 0.513. The van der Waals surface area contributed by atoms with Crippen LogP contribution < -0.4 is 0 Å². The number of allylic oxidation sites excluding steroid dienone is 1. The van der Waals surface area contributed by atoms with Gasteiger partial charge >= 0.3 is 0 Å². The molecule has 10 heavy (non-hydrogen) atoms. The highest BCUT2D eigenvalue weighted by Crippen LogP contribution is 2.30. The van der Waals surface area contributed by atoms with Crippen LogP contribution in [-0.4, -0.2) is 18.0 Å². The SMILES string of the molecule is C=C(C)N1CCC(C)(C)C1. The van der Waals surface area contributed by atoms with Gasteiger partial charge in [0.05, 0.1) is 0 Å². The van der Waals surface area contributed by atoms with Crippen LogP contribution in [0.2, 0.25) is 0 Å². The lowest BCUT2D eigenvalue weighted by molar-refractivity contribution is 0.343. The summed E-state index contributed by atoms with van der Waals surface area (Å²) in [7, 11) is 0. The zero-order chi connectivity index (χ0) is 7.78. The quantitative estimate of drug-likeness (QED) is 0.538. The van der Waals surface area contributed by atoms with Crippen LogP contribution in [0.15, 0.2) is 12.3 Å². The van der Waals surface area contributed by atoms with E-state index < -0.39 is 0 Å². The molecule has 1 rings (SSSR count). The third kappa shape index (κ3) is 1.53. The molecule has 1 aliphatic heterocycles. The normalized spacial score (nSPS) is 23.3. The molecule has 1 aliphatic rings. The van der Waals surface area contributed by atoms with E-state index in [1.807, 2.05) is 0 Å². The van der Waals surface area contributed by atoms with Gasteiger partial charge in [0.15, 0.2) is 0 Å². The van der Waals surface area contributed by atoms with E-state index in [4.69, 9.17) is 0 Å². The highest BCUT2D eigenvalue weighted by molar-refractivity contribution is 4.96. The van der Waals surface area contributed by atoms with Crippen LogP contribution in [0.4, 0.5) is 0 Å². The molecule has 0 unspecified atom stereocenters. The fourth-order valence-corrected chi connectivity index (χ4v) is 1.44. The molecule has 1 nitrogen and oxygen atoms in total. The standard InChI is InChI=1S/C9H17N/c1-8(2)10-6-5-9(3,4)7-10/h1,5-7H2,2-4H3. The number of rotatable bonds is 1. The molecule has 1 saturated heterocycles. The topological polar surface area (TPSA) is 3.24 Å². The maximum atomic E-state index is 3.93. The van der Waals surface area contributed by atoms with E-state index in [-0.39, 0.29) is 0 Å². The van der Waals surface area contributed by atoms with Crippen LogP contribution in [0.3, 0.4) is 0 Å². The lowest BCUT2D eigenvalue weighted by atomic mass is 9.93. The summed E-state index contributed by atoms with van der Waals surface area (Å²) in [6.07, 6.45) is 1.31. The number of likely N-dealkylation sites (tertiary alicyclic amines) is 1. The molecule has 0 aromatic rings. The second-order valence-corrected chi connectivity index (χ2v) is 4.07. The molecule has 0 N–H and O–H groups in total. The molecular weight excluding hydrogens is 122 g/mol. The Morgan fingerprint density at radius 1 is 1.50 bits per heavy atom. The molecule has 0 atom stereocenters. The smallest absolute Gasteiger partial charge is 0.0226 e. The Balaban J connectivity index is 2.51. The number of hydrogen-bond acceptors (Lipinski definition) is 1. The van der Waals surface area contributed by atoms with Crippen LogP contribution in [0.1, 0.15) is 27.2 Å². The summed E-state index contributed by atoms with van der Waals surface area (Å²) in [4.78, 5) is 2.36. The van der Waals surface area contributed by atoms with E-state index in [1.165, 1.54) is 25.2 Å². The van der Waals surface area contributed by atoms with Crippen LogP contribution in [0.5, 0.6) is 0 Å². The average molecular weight is 139 g/mol. The van der Waals surface area contributed by atoms with E-state index in [2.05, 4.69) is 32.3 Å². The van der Waals surface area contributed by atoms with Crippen LogP contribution in [0.25, 0.3) is 0 Å². The van der Waals surface area contributed by atoms with Gasteiger partial charge < -0.3 is 4.90 Å². The van der Waals surface area contributed by atoms with E-state index in [0.29, 0.717) is 5.41 Å². The van der Waals surface area contributed by atoms with Gasteiger partial charge in [0.2, 0.25) is 0 Å². The van der Waals surface area contributed by atoms with Crippen molar-refractivity contribution in [2.24, 2.45) is 5.41 Å². The average Bonchev–Trinajstić information content (AvgIpc) is 2.10. The first-order valence-corrected chi connectivity index (χ1v) is 3.92. The lowest BCUT2D eigenvalue weighted by Crippen LogP contribution is -2.20. The Hall–Kier alpha value is -0.460. The molecule has 0 radical (unpaired) electrons. The monoisotopic (exact) mass is 139 g/mol. The predicted octanol–water partition coefficient (Wildman–Crippen LogP) is 2.25. The second kappa shape index (κ2) is 2.30. The molecular formula is C9H17N. The van der Waals surface area contributed by atoms with Gasteiger partial charge in [-0.25, -0.2) is 0 Å². The van der Waals surface area contributed by atoms with Crippen molar-refractivity contribution in [1.82, 2.24) is 4.90 Å². The van der Waals surface area contributed by atoms with Gasteiger partial charge in [-0.05, 0) is 18.8 Å². The molecule has 1 heterocycles.